The fourth-order valence-corrected chi connectivity index (χ4v) is 5.71. The molecule has 1 unspecified atom stereocenters. The van der Waals surface area contributed by atoms with Crippen LogP contribution in [0.4, 0.5) is 0 Å². The van der Waals surface area contributed by atoms with Crippen molar-refractivity contribution in [1.29, 1.82) is 0 Å². The number of aromatic nitrogens is 2. The molecule has 37 heavy (non-hydrogen) atoms. The molecule has 2 aromatic heterocycles. The average molecular weight is 580 g/mol. The first kappa shape index (κ1) is 27.8. The van der Waals surface area contributed by atoms with E-state index in [1.54, 1.807) is 22.9 Å². The minimum atomic E-state index is -2.54. The monoisotopic (exact) mass is 578 g/mol. The van der Waals surface area contributed by atoms with Gasteiger partial charge in [-0.2, -0.15) is 5.10 Å². The van der Waals surface area contributed by atoms with Gasteiger partial charge in [0.2, 0.25) is 0 Å². The zero-order valence-corrected chi connectivity index (χ0v) is 23.3. The Bertz CT molecular complexity index is 1360. The third-order valence-corrected chi connectivity index (χ3v) is 7.67. The van der Waals surface area contributed by atoms with Gasteiger partial charge >= 0.3 is 0 Å². The van der Waals surface area contributed by atoms with Crippen molar-refractivity contribution in [3.05, 3.63) is 56.5 Å². The summed E-state index contributed by atoms with van der Waals surface area (Å²) in [6.07, 6.45) is 4.84. The number of nitrogens with zero attached hydrogens (tertiary/aromatic N) is 3. The van der Waals surface area contributed by atoms with E-state index in [0.29, 0.717) is 27.0 Å². The first-order chi connectivity index (χ1) is 17.9. The molecule has 1 aliphatic heterocycles. The van der Waals surface area contributed by atoms with E-state index in [0.717, 1.165) is 54.9 Å². The standard InChI is InChI=1S/C25H27Cl2N5O3S2/c1-2-3-5-8-18-10-12-22(36-18)24-19(16-28-37(34)35)23(25(33)30-31-13-6-4-7-14-31)29-32(24)21-11-9-17(26)15-20(21)27/h9-12,15,28H,2-4,6-7,13-14,16H2,1H3,(H,30,33)(H,34,35)/p-1. The molecule has 3 heterocycles. The van der Waals surface area contributed by atoms with E-state index in [4.69, 9.17) is 23.2 Å². The van der Waals surface area contributed by atoms with Gasteiger partial charge in [0.1, 0.15) is 0 Å². The van der Waals surface area contributed by atoms with Gasteiger partial charge in [0.25, 0.3) is 5.91 Å². The summed E-state index contributed by atoms with van der Waals surface area (Å²) in [5.74, 6) is 5.89. The summed E-state index contributed by atoms with van der Waals surface area (Å²) in [6, 6.07) is 8.79. The molecule has 0 radical (unpaired) electrons. The van der Waals surface area contributed by atoms with Crippen molar-refractivity contribution >= 4 is 51.7 Å². The SMILES string of the molecule is CCCC#Cc1ccc(-c2c(CNS(=O)[O-])c(C(=O)NN3CCCCC3)nn2-c2ccc(Cl)cc2Cl)s1. The molecule has 1 aliphatic rings. The molecular weight excluding hydrogens is 553 g/mol. The van der Waals surface area contributed by atoms with Gasteiger partial charge in [-0.05, 0) is 49.6 Å². The molecular formula is C25H26Cl2N5O3S2-. The summed E-state index contributed by atoms with van der Waals surface area (Å²) < 4.78 is 26.9. The van der Waals surface area contributed by atoms with Gasteiger partial charge < -0.3 is 4.55 Å². The molecule has 8 nitrogen and oxygen atoms in total. The third-order valence-electron chi connectivity index (χ3n) is 5.74. The predicted molar refractivity (Wildman–Crippen MR) is 147 cm³/mol. The number of thiophene rings is 1. The number of unbranched alkanes of at least 4 members (excludes halogenated alkanes) is 1. The Morgan fingerprint density at radius 3 is 2.70 bits per heavy atom. The summed E-state index contributed by atoms with van der Waals surface area (Å²) in [6.45, 7) is 3.42. The molecule has 12 heteroatoms. The molecule has 2 N–H and O–H groups in total. The summed E-state index contributed by atoms with van der Waals surface area (Å²) in [5.41, 5.74) is 4.54. The molecule has 1 amide bonds. The van der Waals surface area contributed by atoms with Crippen LogP contribution in [0.15, 0.2) is 30.3 Å². The zero-order valence-electron chi connectivity index (χ0n) is 20.2. The molecule has 4 rings (SSSR count). The maximum atomic E-state index is 13.4. The van der Waals surface area contributed by atoms with Crippen molar-refractivity contribution in [3.63, 3.8) is 0 Å². The number of hydrogen-bond donors (Lipinski definition) is 2. The van der Waals surface area contributed by atoms with Gasteiger partial charge in [0, 0.05) is 47.9 Å². The van der Waals surface area contributed by atoms with Crippen molar-refractivity contribution in [2.75, 3.05) is 13.1 Å². The minimum absolute atomic E-state index is 0.108. The third kappa shape index (κ3) is 7.00. The van der Waals surface area contributed by atoms with Crippen LogP contribution in [0, 0.1) is 11.8 Å². The highest BCUT2D eigenvalue weighted by molar-refractivity contribution is 7.77. The van der Waals surface area contributed by atoms with Crippen LogP contribution in [0.3, 0.4) is 0 Å². The molecule has 1 aromatic carbocycles. The van der Waals surface area contributed by atoms with Crippen LogP contribution in [0.1, 0.15) is 60.0 Å². The Morgan fingerprint density at radius 2 is 2.00 bits per heavy atom. The maximum Gasteiger partial charge on any atom is 0.286 e. The number of carbonyl (C=O) groups excluding carboxylic acids is 1. The minimum Gasteiger partial charge on any atom is -0.760 e. The maximum absolute atomic E-state index is 13.4. The Kier molecular flexibility index (Phi) is 9.78. The van der Waals surface area contributed by atoms with Crippen molar-refractivity contribution in [2.45, 2.75) is 45.6 Å². The molecule has 1 saturated heterocycles. The Morgan fingerprint density at radius 1 is 1.22 bits per heavy atom. The lowest BCUT2D eigenvalue weighted by Crippen LogP contribution is -2.45. The van der Waals surface area contributed by atoms with Gasteiger partial charge in [0.15, 0.2) is 5.69 Å². The number of piperidine rings is 1. The molecule has 1 fully saturated rings. The second-order valence-electron chi connectivity index (χ2n) is 8.44. The number of rotatable bonds is 8. The number of hydrogen-bond acceptors (Lipinski definition) is 6. The molecule has 0 aliphatic carbocycles. The van der Waals surface area contributed by atoms with Crippen molar-refractivity contribution in [3.8, 4) is 28.1 Å². The smallest absolute Gasteiger partial charge is 0.286 e. The summed E-state index contributed by atoms with van der Waals surface area (Å²) in [7, 11) is 0. The zero-order chi connectivity index (χ0) is 26.4. The van der Waals surface area contributed by atoms with Gasteiger partial charge in [-0.25, -0.2) is 14.4 Å². The van der Waals surface area contributed by atoms with E-state index in [1.807, 2.05) is 17.1 Å². The van der Waals surface area contributed by atoms with E-state index < -0.39 is 17.2 Å². The van der Waals surface area contributed by atoms with Crippen LogP contribution < -0.4 is 10.1 Å². The van der Waals surface area contributed by atoms with Crippen molar-refractivity contribution < 1.29 is 13.6 Å². The van der Waals surface area contributed by atoms with Crippen LogP contribution in [0.5, 0.6) is 0 Å². The lowest BCUT2D eigenvalue weighted by atomic mass is 10.1. The number of carbonyl (C=O) groups is 1. The molecule has 3 aromatic rings. The van der Waals surface area contributed by atoms with Gasteiger partial charge in [-0.1, -0.05) is 48.4 Å². The van der Waals surface area contributed by atoms with E-state index >= 15 is 0 Å². The number of amides is 1. The van der Waals surface area contributed by atoms with Gasteiger partial charge in [-0.3, -0.25) is 14.4 Å². The fourth-order valence-electron chi connectivity index (χ4n) is 4.02. The highest BCUT2D eigenvalue weighted by Crippen LogP contribution is 2.36. The summed E-state index contributed by atoms with van der Waals surface area (Å²) >= 11 is 11.6. The lowest BCUT2D eigenvalue weighted by molar-refractivity contribution is 0.0743. The normalized spacial score (nSPS) is 14.7. The fraction of sp³-hybridized carbons (Fsp3) is 0.360. The quantitative estimate of drug-likeness (QED) is 0.287. The van der Waals surface area contributed by atoms with Crippen molar-refractivity contribution in [2.24, 2.45) is 0 Å². The predicted octanol–water partition coefficient (Wildman–Crippen LogP) is 5.07. The van der Waals surface area contributed by atoms with E-state index in [-0.39, 0.29) is 12.2 Å². The topological polar surface area (TPSA) is 102 Å². The molecule has 1 atom stereocenters. The van der Waals surface area contributed by atoms with Crippen LogP contribution in [0.2, 0.25) is 10.0 Å². The second-order valence-corrected chi connectivity index (χ2v) is 11.1. The number of nitrogens with one attached hydrogen (secondary N) is 2. The summed E-state index contributed by atoms with van der Waals surface area (Å²) in [4.78, 5) is 15.1. The van der Waals surface area contributed by atoms with E-state index in [2.05, 4.69) is 34.0 Å². The van der Waals surface area contributed by atoms with Gasteiger partial charge in [-0.15, -0.1) is 11.3 Å². The van der Waals surface area contributed by atoms with Crippen LogP contribution in [-0.4, -0.2) is 42.5 Å². The lowest BCUT2D eigenvalue weighted by Gasteiger charge is -2.26. The van der Waals surface area contributed by atoms with E-state index in [1.165, 1.54) is 11.3 Å². The average Bonchev–Trinajstić information content (AvgIpc) is 3.48. The molecule has 196 valence electrons. The number of halogens is 2. The Labute approximate surface area is 232 Å². The highest BCUT2D eigenvalue weighted by Gasteiger charge is 2.28. The number of benzene rings is 1. The van der Waals surface area contributed by atoms with Crippen LogP contribution in [0.25, 0.3) is 16.3 Å². The van der Waals surface area contributed by atoms with Crippen LogP contribution >= 0.6 is 34.5 Å². The van der Waals surface area contributed by atoms with Crippen molar-refractivity contribution in [1.82, 2.24) is 24.9 Å². The largest absolute Gasteiger partial charge is 0.760 e. The molecule has 0 bridgehead atoms. The van der Waals surface area contributed by atoms with E-state index in [9.17, 15) is 13.6 Å². The molecule has 0 spiro atoms. The Balaban J connectivity index is 1.86. The van der Waals surface area contributed by atoms with Gasteiger partial charge in [0.05, 0.1) is 26.2 Å². The van der Waals surface area contributed by atoms with Crippen LogP contribution in [-0.2, 0) is 17.8 Å². The molecule has 0 saturated carbocycles. The summed E-state index contributed by atoms with van der Waals surface area (Å²) in [5, 5.41) is 7.32. The first-order valence-corrected chi connectivity index (χ1v) is 14.6. The second kappa shape index (κ2) is 13.0. The Hall–Kier alpha value is -2.23. The highest BCUT2D eigenvalue weighted by atomic mass is 35.5. The first-order valence-electron chi connectivity index (χ1n) is 11.9. The number of hydrazine groups is 1.